The van der Waals surface area contributed by atoms with Gasteiger partial charge >= 0.3 is 0 Å². The second-order valence-corrected chi connectivity index (χ2v) is 7.65. The van der Waals surface area contributed by atoms with Crippen LogP contribution in [-0.2, 0) is 16.1 Å². The Bertz CT molecular complexity index is 632. The van der Waals surface area contributed by atoms with Crippen LogP contribution in [0.15, 0.2) is 16.5 Å². The van der Waals surface area contributed by atoms with Gasteiger partial charge in [-0.15, -0.1) is 0 Å². The fraction of sp³-hybridized carbons (Fsp3) is 0.684. The molecule has 1 spiro atoms. The van der Waals surface area contributed by atoms with Gasteiger partial charge in [0.25, 0.3) is 0 Å². The van der Waals surface area contributed by atoms with Crippen LogP contribution in [0.2, 0.25) is 0 Å². The van der Waals surface area contributed by atoms with Crippen molar-refractivity contribution < 1.29 is 14.0 Å². The summed E-state index contributed by atoms with van der Waals surface area (Å²) in [6.07, 6.45) is 2.68. The number of rotatable bonds is 5. The van der Waals surface area contributed by atoms with E-state index >= 15 is 0 Å². The Hall–Kier alpha value is -1.82. The number of carbonyl (C=O) groups excluding carboxylic acids is 2. The van der Waals surface area contributed by atoms with Crippen molar-refractivity contribution in [1.82, 2.24) is 14.7 Å². The molecule has 0 aliphatic carbocycles. The van der Waals surface area contributed by atoms with E-state index in [9.17, 15) is 9.59 Å². The first-order valence-corrected chi connectivity index (χ1v) is 9.20. The van der Waals surface area contributed by atoms with Gasteiger partial charge in [0.05, 0.1) is 13.1 Å². The highest BCUT2D eigenvalue weighted by molar-refractivity contribution is 5.86. The third kappa shape index (κ3) is 4.06. The van der Waals surface area contributed by atoms with Gasteiger partial charge in [0.2, 0.25) is 11.8 Å². The third-order valence-electron chi connectivity index (χ3n) is 5.66. The molecule has 0 N–H and O–H groups in total. The molecule has 2 amide bonds. The first-order valence-electron chi connectivity index (χ1n) is 9.20. The number of nitrogens with zero attached hydrogens (tertiary/aromatic N) is 3. The van der Waals surface area contributed by atoms with E-state index in [2.05, 4.69) is 11.9 Å². The van der Waals surface area contributed by atoms with Crippen molar-refractivity contribution >= 4 is 11.8 Å². The Morgan fingerprint density at radius 3 is 2.64 bits per heavy atom. The third-order valence-corrected chi connectivity index (χ3v) is 5.66. The van der Waals surface area contributed by atoms with Crippen molar-refractivity contribution in [3.8, 4) is 0 Å². The quantitative estimate of drug-likeness (QED) is 0.816. The number of carbonyl (C=O) groups is 2. The molecule has 0 atom stereocenters. The average molecular weight is 347 g/mol. The number of hydrogen-bond donors (Lipinski definition) is 0. The molecule has 2 saturated heterocycles. The summed E-state index contributed by atoms with van der Waals surface area (Å²) in [5, 5.41) is 0. The van der Waals surface area contributed by atoms with Crippen LogP contribution in [-0.4, -0.2) is 66.3 Å². The van der Waals surface area contributed by atoms with Gasteiger partial charge in [-0.2, -0.15) is 0 Å². The molecule has 6 heteroatoms. The van der Waals surface area contributed by atoms with Gasteiger partial charge in [-0.25, -0.2) is 0 Å². The fourth-order valence-corrected chi connectivity index (χ4v) is 3.95. The van der Waals surface area contributed by atoms with Crippen LogP contribution >= 0.6 is 0 Å². The smallest absolute Gasteiger partial charge is 0.242 e. The lowest BCUT2D eigenvalue weighted by Crippen LogP contribution is -2.43. The zero-order valence-electron chi connectivity index (χ0n) is 15.6. The molecular formula is C19H29N3O3. The van der Waals surface area contributed by atoms with Gasteiger partial charge in [-0.3, -0.25) is 9.59 Å². The first-order chi connectivity index (χ1) is 11.9. The van der Waals surface area contributed by atoms with Gasteiger partial charge in [0, 0.05) is 19.5 Å². The molecule has 0 unspecified atom stereocenters. The Labute approximate surface area is 149 Å². The second kappa shape index (κ2) is 7.20. The summed E-state index contributed by atoms with van der Waals surface area (Å²) in [6.45, 7) is 7.90. The highest BCUT2D eigenvalue weighted by Gasteiger charge is 2.44. The summed E-state index contributed by atoms with van der Waals surface area (Å²) in [4.78, 5) is 31.0. The Morgan fingerprint density at radius 1 is 1.32 bits per heavy atom. The molecule has 2 aliphatic heterocycles. The topological polar surface area (TPSA) is 57.0 Å². The lowest BCUT2D eigenvalue weighted by atomic mass is 9.78. The largest absolute Gasteiger partial charge is 0.464 e. The van der Waals surface area contributed by atoms with Gasteiger partial charge in [-0.1, -0.05) is 0 Å². The second-order valence-electron chi connectivity index (χ2n) is 7.65. The molecule has 6 nitrogen and oxygen atoms in total. The SMILES string of the molecule is CCN(Cc1ccc(C)o1)C(=O)CN1CC2(CCN(C)CC2)CC1=O. The minimum atomic E-state index is -0.00474. The molecule has 0 aromatic carbocycles. The summed E-state index contributed by atoms with van der Waals surface area (Å²) in [7, 11) is 2.13. The molecule has 25 heavy (non-hydrogen) atoms. The molecule has 138 valence electrons. The number of furan rings is 1. The lowest BCUT2D eigenvalue weighted by molar-refractivity contribution is -0.138. The zero-order chi connectivity index (χ0) is 18.0. The Kier molecular flexibility index (Phi) is 5.18. The molecule has 0 radical (unpaired) electrons. The van der Waals surface area contributed by atoms with Crippen LogP contribution in [0.3, 0.4) is 0 Å². The molecule has 2 aliphatic rings. The van der Waals surface area contributed by atoms with Gasteiger partial charge < -0.3 is 19.1 Å². The van der Waals surface area contributed by atoms with E-state index in [1.54, 1.807) is 9.80 Å². The summed E-state index contributed by atoms with van der Waals surface area (Å²) in [6, 6.07) is 3.81. The van der Waals surface area contributed by atoms with E-state index in [4.69, 9.17) is 4.42 Å². The standard InChI is InChI=1S/C19H29N3O3/c1-4-21(12-16-6-5-15(2)25-16)18(24)13-22-14-19(11-17(22)23)7-9-20(3)10-8-19/h5-6H,4,7-14H2,1-3H3. The molecule has 0 saturated carbocycles. The molecule has 2 fully saturated rings. The van der Waals surface area contributed by atoms with Crippen LogP contribution in [0.4, 0.5) is 0 Å². The van der Waals surface area contributed by atoms with E-state index in [0.717, 1.165) is 44.0 Å². The summed E-state index contributed by atoms with van der Waals surface area (Å²) >= 11 is 0. The van der Waals surface area contributed by atoms with E-state index in [1.807, 2.05) is 26.0 Å². The van der Waals surface area contributed by atoms with Gasteiger partial charge in [0.1, 0.15) is 11.5 Å². The molecule has 3 rings (SSSR count). The number of piperidine rings is 1. The fourth-order valence-electron chi connectivity index (χ4n) is 3.95. The minimum absolute atomic E-state index is 0.00474. The minimum Gasteiger partial charge on any atom is -0.464 e. The average Bonchev–Trinajstić information content (AvgIpc) is 3.12. The van der Waals surface area contributed by atoms with Crippen molar-refractivity contribution in [2.75, 3.05) is 39.8 Å². The van der Waals surface area contributed by atoms with Crippen molar-refractivity contribution in [2.24, 2.45) is 5.41 Å². The number of likely N-dealkylation sites (N-methyl/N-ethyl adjacent to an activating group) is 1. The number of amides is 2. The molecule has 3 heterocycles. The maximum absolute atomic E-state index is 12.7. The van der Waals surface area contributed by atoms with Crippen molar-refractivity contribution in [2.45, 2.75) is 39.7 Å². The summed E-state index contributed by atoms with van der Waals surface area (Å²) < 4.78 is 5.58. The highest BCUT2D eigenvalue weighted by atomic mass is 16.3. The van der Waals surface area contributed by atoms with Gasteiger partial charge in [0.15, 0.2) is 0 Å². The maximum Gasteiger partial charge on any atom is 0.242 e. The Morgan fingerprint density at radius 2 is 2.04 bits per heavy atom. The normalized spacial score (nSPS) is 20.4. The van der Waals surface area contributed by atoms with Crippen molar-refractivity contribution in [1.29, 1.82) is 0 Å². The summed E-state index contributed by atoms with van der Waals surface area (Å²) in [5.74, 6) is 1.75. The van der Waals surface area contributed by atoms with E-state index < -0.39 is 0 Å². The molecular weight excluding hydrogens is 318 g/mol. The molecule has 1 aromatic rings. The zero-order valence-corrected chi connectivity index (χ0v) is 15.6. The van der Waals surface area contributed by atoms with Crippen LogP contribution in [0.25, 0.3) is 0 Å². The Balaban J connectivity index is 1.58. The van der Waals surface area contributed by atoms with E-state index in [0.29, 0.717) is 19.5 Å². The summed E-state index contributed by atoms with van der Waals surface area (Å²) in [5.41, 5.74) is 0.0824. The number of aryl methyl sites for hydroxylation is 1. The van der Waals surface area contributed by atoms with E-state index in [-0.39, 0.29) is 23.8 Å². The maximum atomic E-state index is 12.7. The molecule has 0 bridgehead atoms. The van der Waals surface area contributed by atoms with E-state index in [1.165, 1.54) is 0 Å². The number of hydrogen-bond acceptors (Lipinski definition) is 4. The monoisotopic (exact) mass is 347 g/mol. The van der Waals surface area contributed by atoms with Crippen LogP contribution in [0, 0.1) is 12.3 Å². The predicted molar refractivity (Wildman–Crippen MR) is 94.9 cm³/mol. The predicted octanol–water partition coefficient (Wildman–Crippen LogP) is 1.88. The van der Waals surface area contributed by atoms with Crippen molar-refractivity contribution in [3.63, 3.8) is 0 Å². The lowest BCUT2D eigenvalue weighted by Gasteiger charge is -2.37. The number of likely N-dealkylation sites (tertiary alicyclic amines) is 2. The van der Waals surface area contributed by atoms with Crippen LogP contribution in [0.1, 0.15) is 37.7 Å². The van der Waals surface area contributed by atoms with Crippen LogP contribution in [0.5, 0.6) is 0 Å². The molecule has 1 aromatic heterocycles. The van der Waals surface area contributed by atoms with Crippen molar-refractivity contribution in [3.05, 3.63) is 23.7 Å². The first kappa shape index (κ1) is 18.0. The highest BCUT2D eigenvalue weighted by Crippen LogP contribution is 2.40. The van der Waals surface area contributed by atoms with Crippen LogP contribution < -0.4 is 0 Å². The van der Waals surface area contributed by atoms with Gasteiger partial charge in [-0.05, 0) is 64.4 Å².